The van der Waals surface area contributed by atoms with Gasteiger partial charge in [-0.3, -0.25) is 4.79 Å². The highest BCUT2D eigenvalue weighted by molar-refractivity contribution is 9.10. The molecule has 3 atom stereocenters. The van der Waals surface area contributed by atoms with Crippen molar-refractivity contribution in [2.24, 2.45) is 5.92 Å². The van der Waals surface area contributed by atoms with Gasteiger partial charge < -0.3 is 14.2 Å². The predicted octanol–water partition coefficient (Wildman–Crippen LogP) is 5.64. The van der Waals surface area contributed by atoms with Gasteiger partial charge in [0.05, 0.1) is 18.6 Å². The number of Topliss-reactive ketones (excluding diaryl/α,β-unsaturated/α-hetero) is 1. The Bertz CT molecular complexity index is 919. The maximum Gasteiger partial charge on any atom is 0.207 e. The lowest BCUT2D eigenvalue weighted by Gasteiger charge is -2.37. The van der Waals surface area contributed by atoms with Crippen LogP contribution in [-0.4, -0.2) is 18.0 Å². The highest BCUT2D eigenvalue weighted by Gasteiger charge is 2.41. The van der Waals surface area contributed by atoms with Gasteiger partial charge in [-0.05, 0) is 61.6 Å². The van der Waals surface area contributed by atoms with Crippen LogP contribution in [-0.2, 0) is 20.9 Å². The maximum atomic E-state index is 13.0. The third-order valence-electron chi connectivity index (χ3n) is 5.64. The van der Waals surface area contributed by atoms with E-state index < -0.39 is 0 Å². The maximum absolute atomic E-state index is 13.0. The van der Waals surface area contributed by atoms with Crippen LogP contribution < -0.4 is 4.74 Å². The van der Waals surface area contributed by atoms with E-state index in [1.54, 1.807) is 0 Å². The van der Waals surface area contributed by atoms with Gasteiger partial charge in [0.2, 0.25) is 11.5 Å². The van der Waals surface area contributed by atoms with Gasteiger partial charge in [0.1, 0.15) is 18.1 Å². The van der Waals surface area contributed by atoms with E-state index in [9.17, 15) is 4.79 Å². The van der Waals surface area contributed by atoms with Gasteiger partial charge in [0, 0.05) is 10.9 Å². The highest BCUT2D eigenvalue weighted by atomic mass is 79.9. The van der Waals surface area contributed by atoms with E-state index in [0.29, 0.717) is 18.1 Å². The summed E-state index contributed by atoms with van der Waals surface area (Å²) in [5, 5.41) is 0. The molecule has 2 aromatic carbocycles. The van der Waals surface area contributed by atoms with Crippen molar-refractivity contribution in [1.29, 1.82) is 0 Å². The molecule has 0 aromatic heterocycles. The number of carbonyl (C=O) groups is 1. The summed E-state index contributed by atoms with van der Waals surface area (Å²) in [6, 6.07) is 14.1. The Balaban J connectivity index is 1.37. The summed E-state index contributed by atoms with van der Waals surface area (Å²) in [5.74, 6) is 0.883. The molecule has 0 spiro atoms. The molecule has 1 fully saturated rings. The molecule has 0 amide bonds. The average Bonchev–Trinajstić information content (AvgIpc) is 2.72. The van der Waals surface area contributed by atoms with Crippen LogP contribution in [0.2, 0.25) is 0 Å². The van der Waals surface area contributed by atoms with Crippen LogP contribution in [0, 0.1) is 19.8 Å². The second-order valence-electron chi connectivity index (χ2n) is 7.87. The molecule has 1 saturated carbocycles. The van der Waals surface area contributed by atoms with Crippen molar-refractivity contribution >= 4 is 21.7 Å². The Hall–Kier alpha value is -2.11. The van der Waals surface area contributed by atoms with Gasteiger partial charge >= 0.3 is 0 Å². The number of hydrogen-bond donors (Lipinski definition) is 0. The van der Waals surface area contributed by atoms with Crippen LogP contribution in [0.1, 0.15) is 36.0 Å². The van der Waals surface area contributed by atoms with Crippen LogP contribution in [0.25, 0.3) is 0 Å². The third kappa shape index (κ3) is 4.73. The Labute approximate surface area is 180 Å². The topological polar surface area (TPSA) is 44.8 Å². The summed E-state index contributed by atoms with van der Waals surface area (Å²) in [6.07, 6.45) is 3.77. The number of ether oxygens (including phenoxy) is 3. The summed E-state index contributed by atoms with van der Waals surface area (Å²) in [7, 11) is 0. The summed E-state index contributed by atoms with van der Waals surface area (Å²) < 4.78 is 19.0. The number of rotatable bonds is 5. The second kappa shape index (κ2) is 8.72. The molecule has 2 aromatic rings. The zero-order chi connectivity index (χ0) is 20.4. The van der Waals surface area contributed by atoms with Gasteiger partial charge in [-0.1, -0.05) is 40.2 Å². The molecule has 4 rings (SSSR count). The number of fused-ring (bicyclic) bond motifs is 1. The van der Waals surface area contributed by atoms with Crippen molar-refractivity contribution in [3.05, 3.63) is 75.6 Å². The number of halogens is 1. The molecule has 29 heavy (non-hydrogen) atoms. The van der Waals surface area contributed by atoms with Crippen LogP contribution in [0.15, 0.2) is 59.0 Å². The van der Waals surface area contributed by atoms with Crippen molar-refractivity contribution in [2.75, 3.05) is 0 Å². The number of aryl methyl sites for hydroxylation is 2. The number of ketones is 1. The molecular formula is C24H25BrO4. The van der Waals surface area contributed by atoms with E-state index in [2.05, 4.69) is 28.1 Å². The molecule has 0 saturated heterocycles. The van der Waals surface area contributed by atoms with Gasteiger partial charge in [-0.25, -0.2) is 0 Å². The summed E-state index contributed by atoms with van der Waals surface area (Å²) in [4.78, 5) is 13.0. The molecule has 152 valence electrons. The molecule has 1 aliphatic carbocycles. The first-order valence-electron chi connectivity index (χ1n) is 10.0. The van der Waals surface area contributed by atoms with Gasteiger partial charge in [0.25, 0.3) is 0 Å². The van der Waals surface area contributed by atoms with Crippen molar-refractivity contribution in [2.45, 2.75) is 51.9 Å². The molecule has 3 unspecified atom stereocenters. The summed E-state index contributed by atoms with van der Waals surface area (Å²) in [5.41, 5.74) is 3.23. The first kappa shape index (κ1) is 20.2. The predicted molar refractivity (Wildman–Crippen MR) is 115 cm³/mol. The molecule has 4 nitrogen and oxygen atoms in total. The Morgan fingerprint density at radius 1 is 1.10 bits per heavy atom. The van der Waals surface area contributed by atoms with Gasteiger partial charge in [-0.15, -0.1) is 0 Å². The van der Waals surface area contributed by atoms with E-state index in [1.807, 2.05) is 44.2 Å². The van der Waals surface area contributed by atoms with Crippen molar-refractivity contribution in [3.63, 3.8) is 0 Å². The van der Waals surface area contributed by atoms with Gasteiger partial charge in [-0.2, -0.15) is 0 Å². The molecule has 5 heteroatoms. The lowest BCUT2D eigenvalue weighted by atomic mass is 9.80. The first-order chi connectivity index (χ1) is 14.0. The molecule has 2 aliphatic rings. The van der Waals surface area contributed by atoms with E-state index in [4.69, 9.17) is 14.2 Å². The Kier molecular flexibility index (Phi) is 6.07. The minimum Gasteiger partial charge on any atom is -0.493 e. The Morgan fingerprint density at radius 2 is 1.90 bits per heavy atom. The van der Waals surface area contributed by atoms with Crippen molar-refractivity contribution in [1.82, 2.24) is 0 Å². The zero-order valence-electron chi connectivity index (χ0n) is 16.7. The number of allylic oxidation sites excluding steroid dienone is 1. The molecule has 1 aliphatic heterocycles. The minimum absolute atomic E-state index is 0.0357. The number of benzene rings is 2. The molecule has 1 heterocycles. The highest BCUT2D eigenvalue weighted by Crippen LogP contribution is 2.36. The second-order valence-corrected chi connectivity index (χ2v) is 8.79. The van der Waals surface area contributed by atoms with Crippen molar-refractivity contribution in [3.8, 4) is 5.75 Å². The van der Waals surface area contributed by atoms with Crippen LogP contribution in [0.5, 0.6) is 5.75 Å². The SMILES string of the molecule is Cc1ccc(C)c(OC2=COC3CC(OCc4ccc(Br)cc4)CCC3C2=O)c1. The lowest BCUT2D eigenvalue weighted by molar-refractivity contribution is -0.134. The smallest absolute Gasteiger partial charge is 0.207 e. The van der Waals surface area contributed by atoms with Crippen LogP contribution in [0.4, 0.5) is 0 Å². The quantitative estimate of drug-likeness (QED) is 0.583. The average molecular weight is 457 g/mol. The van der Waals surface area contributed by atoms with Crippen LogP contribution in [0.3, 0.4) is 0 Å². The molecule has 0 bridgehead atoms. The standard InChI is InChI=1S/C24H25BrO4/c1-15-3-4-16(2)21(11-15)29-23-14-28-22-12-19(9-10-20(22)24(23)26)27-13-17-5-7-18(25)8-6-17/h3-8,11,14,19-20,22H,9-10,12-13H2,1-2H3. The summed E-state index contributed by atoms with van der Waals surface area (Å²) in [6.45, 7) is 4.55. The van der Waals surface area contributed by atoms with Crippen molar-refractivity contribution < 1.29 is 19.0 Å². The largest absolute Gasteiger partial charge is 0.493 e. The fourth-order valence-corrected chi connectivity index (χ4v) is 4.15. The van der Waals surface area contributed by atoms with E-state index in [0.717, 1.165) is 40.4 Å². The van der Waals surface area contributed by atoms with E-state index in [1.165, 1.54) is 6.26 Å². The third-order valence-corrected chi connectivity index (χ3v) is 6.16. The first-order valence-corrected chi connectivity index (χ1v) is 10.8. The number of carbonyl (C=O) groups excluding carboxylic acids is 1. The normalized spacial score (nSPS) is 23.8. The van der Waals surface area contributed by atoms with E-state index >= 15 is 0 Å². The Morgan fingerprint density at radius 3 is 2.69 bits per heavy atom. The molecular weight excluding hydrogens is 432 g/mol. The molecule has 0 radical (unpaired) electrons. The fourth-order valence-electron chi connectivity index (χ4n) is 3.89. The minimum atomic E-state index is -0.160. The van der Waals surface area contributed by atoms with Gasteiger partial charge in [0.15, 0.2) is 0 Å². The fraction of sp³-hybridized carbons (Fsp3) is 0.375. The molecule has 0 N–H and O–H groups in total. The number of hydrogen-bond acceptors (Lipinski definition) is 4. The zero-order valence-corrected chi connectivity index (χ0v) is 18.3. The van der Waals surface area contributed by atoms with E-state index in [-0.39, 0.29) is 23.9 Å². The van der Waals surface area contributed by atoms with Crippen LogP contribution >= 0.6 is 15.9 Å². The summed E-state index contributed by atoms with van der Waals surface area (Å²) >= 11 is 3.44. The lowest BCUT2D eigenvalue weighted by Crippen LogP contribution is -2.42. The monoisotopic (exact) mass is 456 g/mol.